The van der Waals surface area contributed by atoms with E-state index in [2.05, 4.69) is 4.99 Å². The number of halogens is 1. The minimum Gasteiger partial charge on any atom is -0.386 e. The van der Waals surface area contributed by atoms with Crippen LogP contribution in [0.1, 0.15) is 11.7 Å². The molecule has 5 N–H and O–H groups in total. The SMILES string of the molecule is NC(N)=NC[C@H](O)c1ccc(F)cc1. The van der Waals surface area contributed by atoms with Crippen LogP contribution >= 0.6 is 0 Å². The van der Waals surface area contributed by atoms with Crippen LogP contribution in [-0.4, -0.2) is 17.6 Å². The summed E-state index contributed by atoms with van der Waals surface area (Å²) in [6, 6.07) is 5.52. The van der Waals surface area contributed by atoms with E-state index >= 15 is 0 Å². The fraction of sp³-hybridized carbons (Fsp3) is 0.222. The Morgan fingerprint density at radius 1 is 1.36 bits per heavy atom. The van der Waals surface area contributed by atoms with Crippen LogP contribution in [0.25, 0.3) is 0 Å². The van der Waals surface area contributed by atoms with E-state index in [1.807, 2.05) is 0 Å². The molecule has 0 saturated heterocycles. The molecule has 5 heteroatoms. The second-order valence-corrected chi connectivity index (χ2v) is 2.83. The maximum Gasteiger partial charge on any atom is 0.186 e. The molecule has 14 heavy (non-hydrogen) atoms. The summed E-state index contributed by atoms with van der Waals surface area (Å²) in [6.45, 7) is 0.0773. The highest BCUT2D eigenvalue weighted by atomic mass is 19.1. The molecule has 76 valence electrons. The Bertz CT molecular complexity index is 319. The van der Waals surface area contributed by atoms with Crippen molar-refractivity contribution in [2.45, 2.75) is 6.10 Å². The summed E-state index contributed by atoms with van der Waals surface area (Å²) < 4.78 is 12.5. The number of hydrogen-bond acceptors (Lipinski definition) is 2. The summed E-state index contributed by atoms with van der Waals surface area (Å²) in [5, 5.41) is 9.52. The van der Waals surface area contributed by atoms with Gasteiger partial charge in [-0.3, -0.25) is 4.99 Å². The van der Waals surface area contributed by atoms with Gasteiger partial charge in [0.15, 0.2) is 5.96 Å². The second-order valence-electron chi connectivity index (χ2n) is 2.83. The molecule has 4 nitrogen and oxygen atoms in total. The molecule has 0 unspecified atom stereocenters. The number of benzene rings is 1. The van der Waals surface area contributed by atoms with E-state index in [1.54, 1.807) is 0 Å². The molecule has 1 aromatic rings. The molecule has 0 fully saturated rings. The Balaban J connectivity index is 2.65. The van der Waals surface area contributed by atoms with Crippen molar-refractivity contribution in [1.29, 1.82) is 0 Å². The lowest BCUT2D eigenvalue weighted by molar-refractivity contribution is 0.187. The summed E-state index contributed by atoms with van der Waals surface area (Å²) in [7, 11) is 0. The van der Waals surface area contributed by atoms with Gasteiger partial charge in [0.2, 0.25) is 0 Å². The maximum absolute atomic E-state index is 12.5. The van der Waals surface area contributed by atoms with Crippen molar-refractivity contribution in [1.82, 2.24) is 0 Å². The van der Waals surface area contributed by atoms with E-state index in [1.165, 1.54) is 24.3 Å². The Hall–Kier alpha value is -1.62. The Morgan fingerprint density at radius 3 is 2.43 bits per heavy atom. The first-order chi connectivity index (χ1) is 6.59. The van der Waals surface area contributed by atoms with Gasteiger partial charge in [-0.1, -0.05) is 12.1 Å². The van der Waals surface area contributed by atoms with Crippen LogP contribution in [0.3, 0.4) is 0 Å². The van der Waals surface area contributed by atoms with Gasteiger partial charge >= 0.3 is 0 Å². The molecule has 0 aliphatic carbocycles. The molecule has 0 aliphatic rings. The minimum atomic E-state index is -0.808. The van der Waals surface area contributed by atoms with Crippen molar-refractivity contribution >= 4 is 5.96 Å². The Morgan fingerprint density at radius 2 is 1.93 bits per heavy atom. The number of nitrogens with zero attached hydrogens (tertiary/aromatic N) is 1. The first-order valence-corrected chi connectivity index (χ1v) is 4.08. The monoisotopic (exact) mass is 197 g/mol. The van der Waals surface area contributed by atoms with E-state index in [0.29, 0.717) is 5.56 Å². The van der Waals surface area contributed by atoms with Crippen LogP contribution in [0.2, 0.25) is 0 Å². The highest BCUT2D eigenvalue weighted by Gasteiger charge is 2.05. The predicted molar refractivity (Wildman–Crippen MR) is 52.0 cm³/mol. The molecule has 0 amide bonds. The Labute approximate surface area is 81.1 Å². The van der Waals surface area contributed by atoms with Gasteiger partial charge in [-0.05, 0) is 17.7 Å². The molecule has 0 radical (unpaired) electrons. The van der Waals surface area contributed by atoms with Gasteiger partial charge in [-0.15, -0.1) is 0 Å². The molecular formula is C9H12FN3O. The van der Waals surface area contributed by atoms with Gasteiger partial charge in [0.05, 0.1) is 12.6 Å². The van der Waals surface area contributed by atoms with Gasteiger partial charge in [-0.2, -0.15) is 0 Å². The van der Waals surface area contributed by atoms with Crippen LogP contribution < -0.4 is 11.5 Å². The number of nitrogens with two attached hydrogens (primary N) is 2. The van der Waals surface area contributed by atoms with Crippen molar-refractivity contribution in [3.8, 4) is 0 Å². The summed E-state index contributed by atoms with van der Waals surface area (Å²) in [5.41, 5.74) is 10.8. The lowest BCUT2D eigenvalue weighted by Gasteiger charge is -2.07. The lowest BCUT2D eigenvalue weighted by Crippen LogP contribution is -2.23. The van der Waals surface area contributed by atoms with Crippen molar-refractivity contribution in [3.05, 3.63) is 35.6 Å². The minimum absolute atomic E-state index is 0.0773. The van der Waals surface area contributed by atoms with Crippen LogP contribution in [-0.2, 0) is 0 Å². The summed E-state index contributed by atoms with van der Waals surface area (Å²) >= 11 is 0. The van der Waals surface area contributed by atoms with E-state index in [9.17, 15) is 9.50 Å². The first-order valence-electron chi connectivity index (χ1n) is 4.08. The highest BCUT2D eigenvalue weighted by molar-refractivity contribution is 5.75. The fourth-order valence-corrected chi connectivity index (χ4v) is 0.982. The average Bonchev–Trinajstić information content (AvgIpc) is 2.15. The van der Waals surface area contributed by atoms with Crippen LogP contribution in [0.15, 0.2) is 29.3 Å². The Kier molecular flexibility index (Phi) is 3.41. The number of aliphatic hydroxyl groups is 1. The maximum atomic E-state index is 12.5. The number of aliphatic imine (C=N–C) groups is 1. The van der Waals surface area contributed by atoms with E-state index in [-0.39, 0.29) is 18.3 Å². The zero-order chi connectivity index (χ0) is 10.6. The van der Waals surface area contributed by atoms with E-state index < -0.39 is 6.10 Å². The topological polar surface area (TPSA) is 84.6 Å². The molecule has 0 aromatic heterocycles. The highest BCUT2D eigenvalue weighted by Crippen LogP contribution is 2.13. The van der Waals surface area contributed by atoms with E-state index in [0.717, 1.165) is 0 Å². The predicted octanol–water partition coefficient (Wildman–Crippen LogP) is 0.133. The van der Waals surface area contributed by atoms with Crippen molar-refractivity contribution in [3.63, 3.8) is 0 Å². The largest absolute Gasteiger partial charge is 0.386 e. The number of rotatable bonds is 3. The van der Waals surface area contributed by atoms with Gasteiger partial charge in [0.1, 0.15) is 5.82 Å². The van der Waals surface area contributed by atoms with Gasteiger partial charge in [0.25, 0.3) is 0 Å². The first kappa shape index (κ1) is 10.5. The van der Waals surface area contributed by atoms with Crippen LogP contribution in [0.5, 0.6) is 0 Å². The number of aliphatic hydroxyl groups excluding tert-OH is 1. The third-order valence-electron chi connectivity index (χ3n) is 1.70. The molecule has 0 aliphatic heterocycles. The molecule has 0 saturated carbocycles. The fourth-order valence-electron chi connectivity index (χ4n) is 0.982. The summed E-state index contributed by atoms with van der Waals surface area (Å²) in [5.74, 6) is -0.422. The quantitative estimate of drug-likeness (QED) is 0.475. The number of hydrogen-bond donors (Lipinski definition) is 3. The second kappa shape index (κ2) is 4.57. The van der Waals surface area contributed by atoms with Gasteiger partial charge in [-0.25, -0.2) is 4.39 Å². The van der Waals surface area contributed by atoms with Crippen molar-refractivity contribution in [2.24, 2.45) is 16.5 Å². The average molecular weight is 197 g/mol. The normalized spacial score (nSPS) is 12.1. The summed E-state index contributed by atoms with van der Waals surface area (Å²) in [6.07, 6.45) is -0.808. The molecule has 1 aromatic carbocycles. The van der Waals surface area contributed by atoms with Crippen LogP contribution in [0.4, 0.5) is 4.39 Å². The third kappa shape index (κ3) is 3.02. The third-order valence-corrected chi connectivity index (χ3v) is 1.70. The molecule has 1 atom stereocenters. The van der Waals surface area contributed by atoms with Crippen molar-refractivity contribution in [2.75, 3.05) is 6.54 Å². The summed E-state index contributed by atoms with van der Waals surface area (Å²) in [4.78, 5) is 3.65. The molecule has 1 rings (SSSR count). The molecule has 0 heterocycles. The van der Waals surface area contributed by atoms with Gasteiger partial charge < -0.3 is 16.6 Å². The van der Waals surface area contributed by atoms with Gasteiger partial charge in [0, 0.05) is 0 Å². The van der Waals surface area contributed by atoms with E-state index in [4.69, 9.17) is 11.5 Å². The van der Waals surface area contributed by atoms with Crippen LogP contribution in [0, 0.1) is 5.82 Å². The zero-order valence-electron chi connectivity index (χ0n) is 7.52. The van der Waals surface area contributed by atoms with Crippen molar-refractivity contribution < 1.29 is 9.50 Å². The lowest BCUT2D eigenvalue weighted by atomic mass is 10.1. The standard InChI is InChI=1S/C9H12FN3O/c10-7-3-1-6(2-4-7)8(14)5-13-9(11)12/h1-4,8,14H,5H2,(H4,11,12,13)/t8-/m0/s1. The zero-order valence-corrected chi connectivity index (χ0v) is 7.52. The number of guanidine groups is 1. The smallest absolute Gasteiger partial charge is 0.186 e. The molecular weight excluding hydrogens is 185 g/mol. The molecule has 0 bridgehead atoms. The molecule has 0 spiro atoms.